The van der Waals surface area contributed by atoms with Crippen LogP contribution in [0.2, 0.25) is 5.02 Å². The minimum Gasteiger partial charge on any atom is -0.493 e. The molecule has 1 atom stereocenters. The van der Waals surface area contributed by atoms with Crippen molar-refractivity contribution in [1.82, 2.24) is 0 Å². The van der Waals surface area contributed by atoms with Gasteiger partial charge in [-0.25, -0.2) is 9.38 Å². The Morgan fingerprint density at radius 3 is 2.77 bits per heavy atom. The molecule has 1 heterocycles. The van der Waals surface area contributed by atoms with E-state index in [1.807, 2.05) is 0 Å². The molecule has 3 N–H and O–H groups in total. The van der Waals surface area contributed by atoms with Gasteiger partial charge >= 0.3 is 0 Å². The van der Waals surface area contributed by atoms with E-state index in [9.17, 15) is 9.50 Å². The maximum absolute atomic E-state index is 13.7. The molecule has 0 radical (unpaired) electrons. The second-order valence-electron chi connectivity index (χ2n) is 4.94. The Morgan fingerprint density at radius 2 is 2.05 bits per heavy atom. The van der Waals surface area contributed by atoms with Gasteiger partial charge in [0.15, 0.2) is 5.60 Å². The Labute approximate surface area is 132 Å². The summed E-state index contributed by atoms with van der Waals surface area (Å²) in [6, 6.07) is 8.80. The van der Waals surface area contributed by atoms with Gasteiger partial charge in [-0.2, -0.15) is 0 Å². The van der Waals surface area contributed by atoms with Crippen LogP contribution in [0, 0.1) is 5.82 Å². The van der Waals surface area contributed by atoms with Crippen LogP contribution in [0.15, 0.2) is 41.4 Å². The van der Waals surface area contributed by atoms with E-state index in [1.165, 1.54) is 18.2 Å². The molecule has 6 heteroatoms. The zero-order valence-electron chi connectivity index (χ0n) is 11.8. The van der Waals surface area contributed by atoms with Crippen molar-refractivity contribution in [1.29, 1.82) is 0 Å². The van der Waals surface area contributed by atoms with Crippen molar-refractivity contribution in [2.24, 2.45) is 10.7 Å². The normalized spacial score (nSPS) is 19.7. The highest BCUT2D eigenvalue weighted by molar-refractivity contribution is 6.30. The molecule has 0 saturated carbocycles. The fourth-order valence-electron chi connectivity index (χ4n) is 2.59. The van der Waals surface area contributed by atoms with E-state index in [0.29, 0.717) is 28.6 Å². The van der Waals surface area contributed by atoms with Crippen LogP contribution in [0.4, 0.5) is 10.1 Å². The molecule has 3 rings (SSSR count). The van der Waals surface area contributed by atoms with Gasteiger partial charge in [0, 0.05) is 16.1 Å². The number of amidine groups is 1. The Hall–Kier alpha value is -2.11. The molecule has 1 unspecified atom stereocenters. The highest BCUT2D eigenvalue weighted by Crippen LogP contribution is 2.45. The highest BCUT2D eigenvalue weighted by atomic mass is 35.5. The summed E-state index contributed by atoms with van der Waals surface area (Å²) in [5, 5.41) is 11.6. The van der Waals surface area contributed by atoms with E-state index >= 15 is 0 Å². The number of hydrogen-bond acceptors (Lipinski definition) is 4. The van der Waals surface area contributed by atoms with Crippen LogP contribution >= 0.6 is 11.6 Å². The molecule has 4 nitrogen and oxygen atoms in total. The van der Waals surface area contributed by atoms with Gasteiger partial charge in [0.25, 0.3) is 0 Å². The van der Waals surface area contributed by atoms with Crippen molar-refractivity contribution in [2.45, 2.75) is 12.5 Å². The molecule has 2 aromatic carbocycles. The third kappa shape index (κ3) is 2.14. The third-order valence-corrected chi connectivity index (χ3v) is 3.83. The van der Waals surface area contributed by atoms with Gasteiger partial charge in [-0.05, 0) is 43.3 Å². The lowest BCUT2D eigenvalue weighted by Gasteiger charge is -2.27. The highest BCUT2D eigenvalue weighted by Gasteiger charge is 2.44. The number of aliphatic imine (C=N–C) groups is 1. The minimum atomic E-state index is -1.77. The predicted molar refractivity (Wildman–Crippen MR) is 83.3 cm³/mol. The maximum Gasteiger partial charge on any atom is 0.178 e. The molecule has 0 aliphatic carbocycles. The summed E-state index contributed by atoms with van der Waals surface area (Å²) in [6.45, 7) is 2.17. The van der Waals surface area contributed by atoms with Crippen LogP contribution in [0.3, 0.4) is 0 Å². The van der Waals surface area contributed by atoms with Gasteiger partial charge in [0.05, 0.1) is 12.3 Å². The lowest BCUT2D eigenvalue weighted by atomic mass is 9.85. The number of aliphatic hydroxyl groups is 1. The standard InChI is InChI=1S/C16H14ClFN2O2/c1-2-22-14-6-4-10(18)8-12(14)16(21)11-7-9(17)3-5-13(11)20-15(16)19/h3-8,21H,2H2,1H3,(H2,19,20). The van der Waals surface area contributed by atoms with Crippen LogP contribution < -0.4 is 10.5 Å². The van der Waals surface area contributed by atoms with E-state index in [-0.39, 0.29) is 11.4 Å². The summed E-state index contributed by atoms with van der Waals surface area (Å²) in [5.74, 6) is -0.205. The largest absolute Gasteiger partial charge is 0.493 e. The summed E-state index contributed by atoms with van der Waals surface area (Å²) >= 11 is 6.01. The number of hydrogen-bond donors (Lipinski definition) is 2. The summed E-state index contributed by atoms with van der Waals surface area (Å²) in [5.41, 5.74) is 5.28. The van der Waals surface area contributed by atoms with Gasteiger partial charge in [-0.3, -0.25) is 0 Å². The molecule has 114 valence electrons. The summed E-state index contributed by atoms with van der Waals surface area (Å²) in [7, 11) is 0. The first-order chi connectivity index (χ1) is 10.5. The quantitative estimate of drug-likeness (QED) is 0.913. The molecule has 2 aromatic rings. The average molecular weight is 321 g/mol. The number of benzene rings is 2. The molecular weight excluding hydrogens is 307 g/mol. The van der Waals surface area contributed by atoms with Crippen molar-refractivity contribution in [3.63, 3.8) is 0 Å². The van der Waals surface area contributed by atoms with Gasteiger partial charge in [-0.1, -0.05) is 11.6 Å². The lowest BCUT2D eigenvalue weighted by molar-refractivity contribution is 0.152. The summed E-state index contributed by atoms with van der Waals surface area (Å²) in [4.78, 5) is 4.16. The number of rotatable bonds is 3. The molecule has 0 bridgehead atoms. The second kappa shape index (κ2) is 5.26. The molecule has 0 amide bonds. The monoisotopic (exact) mass is 320 g/mol. The molecular formula is C16H14ClFN2O2. The molecule has 1 aliphatic heterocycles. The van der Waals surface area contributed by atoms with E-state index in [1.54, 1.807) is 25.1 Å². The fraction of sp³-hybridized carbons (Fsp3) is 0.188. The lowest BCUT2D eigenvalue weighted by Crippen LogP contribution is -2.40. The molecule has 0 spiro atoms. The summed E-state index contributed by atoms with van der Waals surface area (Å²) in [6.07, 6.45) is 0. The molecule has 0 aromatic heterocycles. The first-order valence-corrected chi connectivity index (χ1v) is 7.14. The van der Waals surface area contributed by atoms with Crippen LogP contribution in [-0.4, -0.2) is 17.5 Å². The number of nitrogens with zero attached hydrogens (tertiary/aromatic N) is 1. The van der Waals surface area contributed by atoms with Crippen molar-refractivity contribution in [3.8, 4) is 5.75 Å². The van der Waals surface area contributed by atoms with Gasteiger partial charge in [0.1, 0.15) is 17.4 Å². The van der Waals surface area contributed by atoms with Gasteiger partial charge < -0.3 is 15.6 Å². The number of nitrogens with two attached hydrogens (primary N) is 1. The molecule has 22 heavy (non-hydrogen) atoms. The minimum absolute atomic E-state index is 0.0451. The first kappa shape index (κ1) is 14.8. The molecule has 0 fully saturated rings. The zero-order valence-corrected chi connectivity index (χ0v) is 12.6. The smallest absolute Gasteiger partial charge is 0.178 e. The van der Waals surface area contributed by atoms with Crippen molar-refractivity contribution >= 4 is 23.1 Å². The Bertz CT molecular complexity index is 779. The first-order valence-electron chi connectivity index (χ1n) is 6.76. The Morgan fingerprint density at radius 1 is 1.27 bits per heavy atom. The fourth-order valence-corrected chi connectivity index (χ4v) is 2.77. The van der Waals surface area contributed by atoms with Crippen LogP contribution in [0.1, 0.15) is 18.1 Å². The predicted octanol–water partition coefficient (Wildman–Crippen LogP) is 3.12. The van der Waals surface area contributed by atoms with E-state index < -0.39 is 11.4 Å². The van der Waals surface area contributed by atoms with Gasteiger partial charge in [-0.15, -0.1) is 0 Å². The molecule has 1 aliphatic rings. The van der Waals surface area contributed by atoms with E-state index in [0.717, 1.165) is 0 Å². The second-order valence-corrected chi connectivity index (χ2v) is 5.38. The van der Waals surface area contributed by atoms with E-state index in [4.69, 9.17) is 22.1 Å². The average Bonchev–Trinajstić information content (AvgIpc) is 2.74. The van der Waals surface area contributed by atoms with Crippen molar-refractivity contribution in [2.75, 3.05) is 6.61 Å². The number of ether oxygens (including phenoxy) is 1. The third-order valence-electron chi connectivity index (χ3n) is 3.59. The molecule has 0 saturated heterocycles. The van der Waals surface area contributed by atoms with Crippen molar-refractivity contribution in [3.05, 3.63) is 58.4 Å². The van der Waals surface area contributed by atoms with Crippen LogP contribution in [0.25, 0.3) is 0 Å². The Kier molecular flexibility index (Phi) is 3.54. The van der Waals surface area contributed by atoms with Crippen molar-refractivity contribution < 1.29 is 14.2 Å². The van der Waals surface area contributed by atoms with Crippen LogP contribution in [0.5, 0.6) is 5.75 Å². The van der Waals surface area contributed by atoms with Crippen LogP contribution in [-0.2, 0) is 5.60 Å². The number of fused-ring (bicyclic) bond motifs is 1. The number of halogens is 2. The Balaban J connectivity index is 2.26. The topological polar surface area (TPSA) is 67.8 Å². The zero-order chi connectivity index (χ0) is 15.9. The van der Waals surface area contributed by atoms with Gasteiger partial charge in [0.2, 0.25) is 0 Å². The summed E-state index contributed by atoms with van der Waals surface area (Å²) < 4.78 is 19.2. The van der Waals surface area contributed by atoms with E-state index in [2.05, 4.69) is 4.99 Å². The maximum atomic E-state index is 13.7. The SMILES string of the molecule is CCOc1ccc(F)cc1C1(O)C(N)=Nc2ccc(Cl)cc21.